The van der Waals surface area contributed by atoms with Crippen molar-refractivity contribution in [3.8, 4) is 0 Å². The number of aliphatic hydroxyl groups is 1. The van der Waals surface area contributed by atoms with Crippen LogP contribution in [0.5, 0.6) is 0 Å². The smallest absolute Gasteiger partial charge is 0.123 e. The number of hydrogen-bond donors (Lipinski definition) is 1. The highest BCUT2D eigenvalue weighted by Gasteiger charge is 2.40. The number of hydrogen-bond acceptors (Lipinski definition) is 3. The average molecular weight is 280 g/mol. The van der Waals surface area contributed by atoms with Crippen LogP contribution in [0.1, 0.15) is 37.9 Å². The summed E-state index contributed by atoms with van der Waals surface area (Å²) in [5.41, 5.74) is 1.77. The van der Waals surface area contributed by atoms with E-state index in [-0.39, 0.29) is 11.4 Å². The Balaban J connectivity index is 2.23. The summed E-state index contributed by atoms with van der Waals surface area (Å²) >= 11 is 0. The fraction of sp³-hybridized carbons (Fsp3) is 0.625. The van der Waals surface area contributed by atoms with Gasteiger partial charge in [0.15, 0.2) is 0 Å². The molecule has 0 amide bonds. The molecule has 0 unspecified atom stereocenters. The van der Waals surface area contributed by atoms with Crippen LogP contribution in [0.15, 0.2) is 18.2 Å². The maximum absolute atomic E-state index is 13.4. The Morgan fingerprint density at radius 2 is 1.95 bits per heavy atom. The highest BCUT2D eigenvalue weighted by atomic mass is 19.1. The van der Waals surface area contributed by atoms with Gasteiger partial charge in [0, 0.05) is 30.4 Å². The summed E-state index contributed by atoms with van der Waals surface area (Å²) in [5.74, 6) is -0.302. The largest absolute Gasteiger partial charge is 0.389 e. The Labute approximate surface area is 121 Å². The van der Waals surface area contributed by atoms with Crippen molar-refractivity contribution in [2.45, 2.75) is 37.8 Å². The zero-order valence-corrected chi connectivity index (χ0v) is 12.9. The summed E-state index contributed by atoms with van der Waals surface area (Å²) < 4.78 is 13.4. The van der Waals surface area contributed by atoms with Gasteiger partial charge in [-0.2, -0.15) is 0 Å². The third-order valence-electron chi connectivity index (χ3n) is 4.62. The van der Waals surface area contributed by atoms with Crippen LogP contribution < -0.4 is 4.90 Å². The molecule has 0 saturated heterocycles. The van der Waals surface area contributed by atoms with Gasteiger partial charge in [0.2, 0.25) is 0 Å². The van der Waals surface area contributed by atoms with Gasteiger partial charge in [0.25, 0.3) is 0 Å². The zero-order chi connectivity index (χ0) is 14.9. The SMILES string of the molecule is C[C@@H](O)c1cc(F)ccc1N(C)CC1(N(C)C)CCC1. The maximum atomic E-state index is 13.4. The van der Waals surface area contributed by atoms with E-state index in [0.29, 0.717) is 5.56 Å². The van der Waals surface area contributed by atoms with Crippen molar-refractivity contribution in [2.24, 2.45) is 0 Å². The highest BCUT2D eigenvalue weighted by molar-refractivity contribution is 5.54. The Morgan fingerprint density at radius 3 is 2.40 bits per heavy atom. The molecule has 1 aliphatic rings. The van der Waals surface area contributed by atoms with Crippen molar-refractivity contribution in [1.29, 1.82) is 0 Å². The second-order valence-electron chi connectivity index (χ2n) is 6.21. The van der Waals surface area contributed by atoms with E-state index in [1.807, 2.05) is 7.05 Å². The average Bonchev–Trinajstić information content (AvgIpc) is 2.32. The lowest BCUT2D eigenvalue weighted by atomic mass is 9.75. The minimum atomic E-state index is -0.667. The van der Waals surface area contributed by atoms with Crippen molar-refractivity contribution in [1.82, 2.24) is 4.90 Å². The molecule has 4 heteroatoms. The fourth-order valence-electron chi connectivity index (χ4n) is 3.07. The van der Waals surface area contributed by atoms with Crippen LogP contribution in [0.25, 0.3) is 0 Å². The number of benzene rings is 1. The first-order valence-electron chi connectivity index (χ1n) is 7.22. The topological polar surface area (TPSA) is 26.7 Å². The van der Waals surface area contributed by atoms with Gasteiger partial charge in [-0.1, -0.05) is 0 Å². The Kier molecular flexibility index (Phi) is 4.35. The van der Waals surface area contributed by atoms with Crippen LogP contribution in [0.4, 0.5) is 10.1 Å². The van der Waals surface area contributed by atoms with Crippen LogP contribution in [-0.2, 0) is 0 Å². The minimum Gasteiger partial charge on any atom is -0.389 e. The second kappa shape index (κ2) is 5.70. The van der Waals surface area contributed by atoms with Crippen molar-refractivity contribution < 1.29 is 9.50 Å². The molecule has 112 valence electrons. The lowest BCUT2D eigenvalue weighted by Crippen LogP contribution is -2.56. The van der Waals surface area contributed by atoms with Crippen LogP contribution in [0, 0.1) is 5.82 Å². The summed E-state index contributed by atoms with van der Waals surface area (Å²) in [6, 6.07) is 4.65. The van der Waals surface area contributed by atoms with Gasteiger partial charge in [0.1, 0.15) is 5.82 Å². The molecule has 20 heavy (non-hydrogen) atoms. The Bertz CT molecular complexity index is 470. The Morgan fingerprint density at radius 1 is 1.30 bits per heavy atom. The number of aliphatic hydroxyl groups excluding tert-OH is 1. The monoisotopic (exact) mass is 280 g/mol. The van der Waals surface area contributed by atoms with E-state index < -0.39 is 6.10 Å². The molecule has 1 saturated carbocycles. The number of likely N-dealkylation sites (N-methyl/N-ethyl adjacent to an activating group) is 2. The lowest BCUT2D eigenvalue weighted by molar-refractivity contribution is 0.0682. The van der Waals surface area contributed by atoms with Crippen LogP contribution in [0.2, 0.25) is 0 Å². The molecule has 3 nitrogen and oxygen atoms in total. The number of nitrogens with zero attached hydrogens (tertiary/aromatic N) is 2. The third-order valence-corrected chi connectivity index (χ3v) is 4.62. The number of rotatable bonds is 5. The van der Waals surface area contributed by atoms with Gasteiger partial charge >= 0.3 is 0 Å². The molecule has 0 aliphatic heterocycles. The second-order valence-corrected chi connectivity index (χ2v) is 6.21. The van der Waals surface area contributed by atoms with E-state index in [1.54, 1.807) is 13.0 Å². The van der Waals surface area contributed by atoms with Gasteiger partial charge in [-0.05, 0) is 58.5 Å². The quantitative estimate of drug-likeness (QED) is 0.898. The molecule has 1 aromatic carbocycles. The maximum Gasteiger partial charge on any atom is 0.123 e. The molecule has 1 atom stereocenters. The number of halogens is 1. The first-order valence-corrected chi connectivity index (χ1v) is 7.22. The summed E-state index contributed by atoms with van der Waals surface area (Å²) in [6.45, 7) is 2.57. The van der Waals surface area contributed by atoms with Crippen LogP contribution in [-0.4, -0.2) is 43.2 Å². The third kappa shape index (κ3) is 2.81. The van der Waals surface area contributed by atoms with Gasteiger partial charge in [-0.25, -0.2) is 4.39 Å². The van der Waals surface area contributed by atoms with Crippen molar-refractivity contribution in [3.05, 3.63) is 29.6 Å². The standard InChI is InChI=1S/C16H25FN2O/c1-12(20)14-10-13(17)6-7-15(14)19(4)11-16(18(2)3)8-5-9-16/h6-7,10,12,20H,5,8-9,11H2,1-4H3/t12-/m1/s1. The molecule has 0 bridgehead atoms. The van der Waals surface area contributed by atoms with E-state index in [2.05, 4.69) is 23.9 Å². The molecule has 0 heterocycles. The van der Waals surface area contributed by atoms with Crippen molar-refractivity contribution >= 4 is 5.69 Å². The van der Waals surface area contributed by atoms with Crippen LogP contribution >= 0.6 is 0 Å². The molecular formula is C16H25FN2O. The summed E-state index contributed by atoms with van der Waals surface area (Å²) in [5, 5.41) is 9.85. The normalized spacial score (nSPS) is 18.8. The first-order chi connectivity index (χ1) is 9.35. The number of anilines is 1. The van der Waals surface area contributed by atoms with Gasteiger partial charge in [0.05, 0.1) is 6.10 Å². The summed E-state index contributed by atoms with van der Waals surface area (Å²) in [6.07, 6.45) is 2.98. The molecule has 2 rings (SSSR count). The van der Waals surface area contributed by atoms with Gasteiger partial charge < -0.3 is 14.9 Å². The molecule has 0 radical (unpaired) electrons. The fourth-order valence-corrected chi connectivity index (χ4v) is 3.07. The minimum absolute atomic E-state index is 0.207. The summed E-state index contributed by atoms with van der Waals surface area (Å²) in [7, 11) is 6.25. The predicted molar refractivity (Wildman–Crippen MR) is 80.6 cm³/mol. The molecular weight excluding hydrogens is 255 g/mol. The van der Waals surface area contributed by atoms with Gasteiger partial charge in [-0.15, -0.1) is 0 Å². The van der Waals surface area contributed by atoms with E-state index in [4.69, 9.17) is 0 Å². The molecule has 1 aliphatic carbocycles. The van der Waals surface area contributed by atoms with E-state index in [9.17, 15) is 9.50 Å². The predicted octanol–water partition coefficient (Wildman–Crippen LogP) is 2.80. The highest BCUT2D eigenvalue weighted by Crippen LogP contribution is 2.38. The van der Waals surface area contributed by atoms with Crippen LogP contribution in [0.3, 0.4) is 0 Å². The first kappa shape index (κ1) is 15.3. The van der Waals surface area contributed by atoms with Crippen molar-refractivity contribution in [3.63, 3.8) is 0 Å². The van der Waals surface area contributed by atoms with Gasteiger partial charge in [-0.3, -0.25) is 0 Å². The lowest BCUT2D eigenvalue weighted by Gasteiger charge is -2.49. The molecule has 1 aromatic rings. The molecule has 1 fully saturated rings. The molecule has 1 N–H and O–H groups in total. The zero-order valence-electron chi connectivity index (χ0n) is 12.9. The Hall–Kier alpha value is -1.13. The van der Waals surface area contributed by atoms with E-state index >= 15 is 0 Å². The van der Waals surface area contributed by atoms with Crippen molar-refractivity contribution in [2.75, 3.05) is 32.6 Å². The van der Waals surface area contributed by atoms with E-state index in [0.717, 1.165) is 12.2 Å². The van der Waals surface area contributed by atoms with E-state index in [1.165, 1.54) is 31.4 Å². The molecule has 0 spiro atoms. The summed E-state index contributed by atoms with van der Waals surface area (Å²) in [4.78, 5) is 4.43. The molecule has 0 aromatic heterocycles.